The molecule has 0 saturated heterocycles. The molecular formula is C13H23NO. The van der Waals surface area contributed by atoms with Crippen molar-refractivity contribution in [3.63, 3.8) is 0 Å². The average molecular weight is 209 g/mol. The molecule has 0 N–H and O–H groups in total. The third-order valence-electron chi connectivity index (χ3n) is 4.44. The van der Waals surface area contributed by atoms with Crippen LogP contribution in [0.5, 0.6) is 0 Å². The molecule has 2 saturated carbocycles. The maximum absolute atomic E-state index is 12.0. The molecule has 2 rings (SSSR count). The first-order chi connectivity index (χ1) is 7.24. The summed E-state index contributed by atoms with van der Waals surface area (Å²) in [4.78, 5) is 13.9. The smallest absolute Gasteiger partial charge is 0.222 e. The maximum Gasteiger partial charge on any atom is 0.222 e. The molecule has 15 heavy (non-hydrogen) atoms. The van der Waals surface area contributed by atoms with Gasteiger partial charge in [-0.25, -0.2) is 0 Å². The van der Waals surface area contributed by atoms with E-state index in [2.05, 4.69) is 13.8 Å². The van der Waals surface area contributed by atoms with Crippen molar-refractivity contribution in [2.75, 3.05) is 13.1 Å². The Hall–Kier alpha value is -0.530. The lowest BCUT2D eigenvalue weighted by Gasteiger charge is -2.25. The highest BCUT2D eigenvalue weighted by molar-refractivity contribution is 5.76. The molecule has 0 unspecified atom stereocenters. The standard InChI is InChI=1S/C13H23NO/c1-3-14(4-2)13(15)9-12-8-10-5-6-11(12)7-10/h10-12H,3-9H2,1-2H3/t10-,11-,12+/m0/s1. The monoisotopic (exact) mass is 209 g/mol. The molecule has 0 heterocycles. The van der Waals surface area contributed by atoms with Gasteiger partial charge in [-0.2, -0.15) is 0 Å². The van der Waals surface area contributed by atoms with Gasteiger partial charge in [-0.1, -0.05) is 6.42 Å². The minimum Gasteiger partial charge on any atom is -0.343 e. The Morgan fingerprint density at radius 1 is 1.20 bits per heavy atom. The second kappa shape index (κ2) is 4.54. The number of amides is 1. The Bertz CT molecular complexity index is 235. The van der Waals surface area contributed by atoms with Crippen LogP contribution in [0.1, 0.15) is 46.0 Å². The molecular weight excluding hydrogens is 186 g/mol. The highest BCUT2D eigenvalue weighted by atomic mass is 16.2. The van der Waals surface area contributed by atoms with Crippen LogP contribution in [0.25, 0.3) is 0 Å². The summed E-state index contributed by atoms with van der Waals surface area (Å²) in [5.74, 6) is 2.95. The molecule has 1 amide bonds. The first kappa shape index (κ1) is 11.0. The van der Waals surface area contributed by atoms with Gasteiger partial charge in [-0.05, 0) is 50.9 Å². The number of hydrogen-bond donors (Lipinski definition) is 0. The molecule has 0 aromatic rings. The molecule has 2 bridgehead atoms. The molecule has 2 aliphatic rings. The molecule has 2 aliphatic carbocycles. The lowest BCUT2D eigenvalue weighted by molar-refractivity contribution is -0.132. The Morgan fingerprint density at radius 2 is 1.93 bits per heavy atom. The fourth-order valence-electron chi connectivity index (χ4n) is 3.56. The number of hydrogen-bond acceptors (Lipinski definition) is 1. The largest absolute Gasteiger partial charge is 0.343 e. The normalized spacial score (nSPS) is 33.3. The average Bonchev–Trinajstić information content (AvgIpc) is 2.81. The van der Waals surface area contributed by atoms with Crippen molar-refractivity contribution in [2.24, 2.45) is 17.8 Å². The number of carbonyl (C=O) groups is 1. The second-order valence-electron chi connectivity index (χ2n) is 5.21. The lowest BCUT2D eigenvalue weighted by atomic mass is 9.86. The molecule has 0 aromatic carbocycles. The van der Waals surface area contributed by atoms with E-state index < -0.39 is 0 Å². The highest BCUT2D eigenvalue weighted by Crippen LogP contribution is 2.49. The van der Waals surface area contributed by atoms with Gasteiger partial charge >= 0.3 is 0 Å². The minimum atomic E-state index is 0.387. The predicted octanol–water partition coefficient (Wildman–Crippen LogP) is 2.68. The molecule has 2 heteroatoms. The van der Waals surface area contributed by atoms with Crippen molar-refractivity contribution in [1.82, 2.24) is 4.90 Å². The minimum absolute atomic E-state index is 0.387. The molecule has 2 fully saturated rings. The summed E-state index contributed by atoms with van der Waals surface area (Å²) in [6, 6.07) is 0. The number of carbonyl (C=O) groups excluding carboxylic acids is 1. The van der Waals surface area contributed by atoms with Crippen LogP contribution in [-0.4, -0.2) is 23.9 Å². The van der Waals surface area contributed by atoms with Gasteiger partial charge in [0.2, 0.25) is 5.91 Å². The molecule has 3 atom stereocenters. The van der Waals surface area contributed by atoms with Crippen molar-refractivity contribution in [1.29, 1.82) is 0 Å². The Morgan fingerprint density at radius 3 is 2.40 bits per heavy atom. The van der Waals surface area contributed by atoms with Crippen molar-refractivity contribution in [2.45, 2.75) is 46.0 Å². The quantitative estimate of drug-likeness (QED) is 0.697. The van der Waals surface area contributed by atoms with E-state index in [4.69, 9.17) is 0 Å². The fourth-order valence-corrected chi connectivity index (χ4v) is 3.56. The summed E-state index contributed by atoms with van der Waals surface area (Å²) >= 11 is 0. The van der Waals surface area contributed by atoms with Crippen molar-refractivity contribution in [3.8, 4) is 0 Å². The predicted molar refractivity (Wildman–Crippen MR) is 61.5 cm³/mol. The first-order valence-corrected chi connectivity index (χ1v) is 6.52. The van der Waals surface area contributed by atoms with Crippen LogP contribution in [-0.2, 0) is 4.79 Å². The van der Waals surface area contributed by atoms with E-state index >= 15 is 0 Å². The second-order valence-corrected chi connectivity index (χ2v) is 5.21. The topological polar surface area (TPSA) is 20.3 Å². The van der Waals surface area contributed by atoms with Gasteiger partial charge < -0.3 is 4.90 Å². The van der Waals surface area contributed by atoms with E-state index in [1.165, 1.54) is 25.7 Å². The van der Waals surface area contributed by atoms with Crippen LogP contribution < -0.4 is 0 Å². The van der Waals surface area contributed by atoms with Crippen molar-refractivity contribution in [3.05, 3.63) is 0 Å². The molecule has 0 aromatic heterocycles. The zero-order chi connectivity index (χ0) is 10.8. The number of nitrogens with zero attached hydrogens (tertiary/aromatic N) is 1. The van der Waals surface area contributed by atoms with Crippen molar-refractivity contribution < 1.29 is 4.79 Å². The zero-order valence-corrected chi connectivity index (χ0v) is 10.0. The Balaban J connectivity index is 1.84. The Kier molecular flexibility index (Phi) is 3.32. The zero-order valence-electron chi connectivity index (χ0n) is 10.0. The van der Waals surface area contributed by atoms with Gasteiger partial charge in [0.25, 0.3) is 0 Å². The SMILES string of the molecule is CCN(CC)C(=O)C[C@H]1C[C@H]2CC[C@H]1C2. The van der Waals surface area contributed by atoms with Gasteiger partial charge in [-0.15, -0.1) is 0 Å². The molecule has 2 nitrogen and oxygen atoms in total. The Labute approximate surface area is 93.0 Å². The molecule has 0 radical (unpaired) electrons. The van der Waals surface area contributed by atoms with E-state index in [1.54, 1.807) is 0 Å². The maximum atomic E-state index is 12.0. The third-order valence-corrected chi connectivity index (χ3v) is 4.44. The molecule has 0 aliphatic heterocycles. The van der Waals surface area contributed by atoms with E-state index in [0.29, 0.717) is 5.91 Å². The van der Waals surface area contributed by atoms with E-state index in [0.717, 1.165) is 37.3 Å². The summed E-state index contributed by atoms with van der Waals surface area (Å²) < 4.78 is 0. The van der Waals surface area contributed by atoms with Crippen LogP contribution in [0, 0.1) is 17.8 Å². The molecule has 86 valence electrons. The summed E-state index contributed by atoms with van der Waals surface area (Å²) in [7, 11) is 0. The lowest BCUT2D eigenvalue weighted by Crippen LogP contribution is -2.32. The van der Waals surface area contributed by atoms with Gasteiger partial charge in [-0.3, -0.25) is 4.79 Å². The molecule has 0 spiro atoms. The van der Waals surface area contributed by atoms with Crippen molar-refractivity contribution >= 4 is 5.91 Å². The van der Waals surface area contributed by atoms with E-state index in [9.17, 15) is 4.79 Å². The summed E-state index contributed by atoms with van der Waals surface area (Å²) in [5.41, 5.74) is 0. The van der Waals surface area contributed by atoms with Crippen LogP contribution in [0.15, 0.2) is 0 Å². The van der Waals surface area contributed by atoms with Crippen LogP contribution >= 0.6 is 0 Å². The van der Waals surface area contributed by atoms with Gasteiger partial charge in [0.15, 0.2) is 0 Å². The third kappa shape index (κ3) is 2.19. The van der Waals surface area contributed by atoms with Crippen LogP contribution in [0.4, 0.5) is 0 Å². The van der Waals surface area contributed by atoms with Crippen LogP contribution in [0.3, 0.4) is 0 Å². The van der Waals surface area contributed by atoms with Gasteiger partial charge in [0, 0.05) is 19.5 Å². The van der Waals surface area contributed by atoms with Gasteiger partial charge in [0.05, 0.1) is 0 Å². The fraction of sp³-hybridized carbons (Fsp3) is 0.923. The number of fused-ring (bicyclic) bond motifs is 2. The van der Waals surface area contributed by atoms with Gasteiger partial charge in [0.1, 0.15) is 0 Å². The summed E-state index contributed by atoms with van der Waals surface area (Å²) in [5, 5.41) is 0. The van der Waals surface area contributed by atoms with E-state index in [1.807, 2.05) is 4.90 Å². The summed E-state index contributed by atoms with van der Waals surface area (Å²) in [6.07, 6.45) is 6.39. The first-order valence-electron chi connectivity index (χ1n) is 6.52. The van der Waals surface area contributed by atoms with Crippen LogP contribution in [0.2, 0.25) is 0 Å². The summed E-state index contributed by atoms with van der Waals surface area (Å²) in [6.45, 7) is 5.89. The highest BCUT2D eigenvalue weighted by Gasteiger charge is 2.40. The number of rotatable bonds is 4. The van der Waals surface area contributed by atoms with E-state index in [-0.39, 0.29) is 0 Å².